The zero-order chi connectivity index (χ0) is 22.0. The van der Waals surface area contributed by atoms with Crippen molar-refractivity contribution in [3.8, 4) is 5.69 Å². The van der Waals surface area contributed by atoms with E-state index in [0.29, 0.717) is 0 Å². The number of carbonyl (C=O) groups excluding carboxylic acids is 3. The molecular weight excluding hydrogens is 417 g/mol. The lowest BCUT2D eigenvalue weighted by Crippen LogP contribution is -2.36. The summed E-state index contributed by atoms with van der Waals surface area (Å²) in [7, 11) is 0. The van der Waals surface area contributed by atoms with Gasteiger partial charge < -0.3 is 9.88 Å². The first kappa shape index (κ1) is 20.6. The normalized spacial score (nSPS) is 15.0. The van der Waals surface area contributed by atoms with E-state index >= 15 is 0 Å². The summed E-state index contributed by atoms with van der Waals surface area (Å²) in [6, 6.07) is 17.3. The van der Waals surface area contributed by atoms with E-state index < -0.39 is 29.4 Å². The second-order valence-corrected chi connectivity index (χ2v) is 7.91. The number of aromatic nitrogens is 1. The van der Waals surface area contributed by atoms with Gasteiger partial charge in [-0.1, -0.05) is 30.3 Å². The number of hydrogen-bond donors (Lipinski definition) is 1. The van der Waals surface area contributed by atoms with Crippen LogP contribution in [-0.4, -0.2) is 33.1 Å². The van der Waals surface area contributed by atoms with Crippen LogP contribution in [0.5, 0.6) is 0 Å². The smallest absolute Gasteiger partial charge is 0.294 e. The lowest BCUT2D eigenvalue weighted by molar-refractivity contribution is -0.127. The maximum Gasteiger partial charge on any atom is 0.294 e. The molecular formula is C23H18FN3O3S. The van der Waals surface area contributed by atoms with Crippen LogP contribution in [0.3, 0.4) is 0 Å². The number of aryl methyl sites for hydroxylation is 1. The Morgan fingerprint density at radius 2 is 1.81 bits per heavy atom. The average Bonchev–Trinajstić information content (AvgIpc) is 3.24. The maximum absolute atomic E-state index is 13.7. The highest BCUT2D eigenvalue weighted by Gasteiger charge is 2.36. The van der Waals surface area contributed by atoms with Gasteiger partial charge in [0.15, 0.2) is 0 Å². The van der Waals surface area contributed by atoms with Gasteiger partial charge in [0.1, 0.15) is 12.4 Å². The minimum absolute atomic E-state index is 0.00672. The van der Waals surface area contributed by atoms with E-state index in [1.807, 2.05) is 54.1 Å². The third-order valence-corrected chi connectivity index (χ3v) is 5.60. The van der Waals surface area contributed by atoms with Gasteiger partial charge in [0.05, 0.1) is 10.6 Å². The van der Waals surface area contributed by atoms with Gasteiger partial charge in [-0.05, 0) is 60.7 Å². The highest BCUT2D eigenvalue weighted by Crippen LogP contribution is 2.32. The number of amides is 3. The minimum Gasteiger partial charge on any atom is -0.322 e. The molecule has 2 heterocycles. The number of thioether (sulfide) groups is 1. The van der Waals surface area contributed by atoms with Crippen LogP contribution in [0.15, 0.2) is 71.8 Å². The predicted octanol–water partition coefficient (Wildman–Crippen LogP) is 4.60. The highest BCUT2D eigenvalue weighted by molar-refractivity contribution is 8.18. The summed E-state index contributed by atoms with van der Waals surface area (Å²) in [6.45, 7) is 1.46. The summed E-state index contributed by atoms with van der Waals surface area (Å²) in [6.07, 6.45) is 3.51. The van der Waals surface area contributed by atoms with Gasteiger partial charge in [0.2, 0.25) is 5.91 Å². The summed E-state index contributed by atoms with van der Waals surface area (Å²) >= 11 is 0.774. The molecule has 0 spiro atoms. The van der Waals surface area contributed by atoms with E-state index in [0.717, 1.165) is 33.6 Å². The van der Waals surface area contributed by atoms with E-state index in [1.54, 1.807) is 12.1 Å². The Hall–Kier alpha value is -3.65. The molecule has 0 saturated carbocycles. The number of carbonyl (C=O) groups is 3. The second-order valence-electron chi connectivity index (χ2n) is 6.92. The van der Waals surface area contributed by atoms with E-state index in [1.165, 1.54) is 18.2 Å². The number of rotatable bonds is 5. The Balaban J connectivity index is 1.49. The van der Waals surface area contributed by atoms with Crippen molar-refractivity contribution in [1.82, 2.24) is 9.47 Å². The number of para-hydroxylation sites is 2. The van der Waals surface area contributed by atoms with Crippen molar-refractivity contribution in [1.29, 1.82) is 0 Å². The van der Waals surface area contributed by atoms with Gasteiger partial charge in [-0.2, -0.15) is 0 Å². The number of halogens is 1. The van der Waals surface area contributed by atoms with Gasteiger partial charge in [0.25, 0.3) is 11.1 Å². The third kappa shape index (κ3) is 4.44. The molecule has 0 radical (unpaired) electrons. The molecule has 156 valence electrons. The molecule has 1 N–H and O–H groups in total. The molecule has 3 aromatic rings. The van der Waals surface area contributed by atoms with E-state index in [-0.39, 0.29) is 10.6 Å². The Morgan fingerprint density at radius 1 is 1.10 bits per heavy atom. The molecule has 1 aliphatic heterocycles. The van der Waals surface area contributed by atoms with Crippen LogP contribution >= 0.6 is 11.8 Å². The Kier molecular flexibility index (Phi) is 5.73. The van der Waals surface area contributed by atoms with E-state index in [4.69, 9.17) is 0 Å². The molecule has 0 atom stereocenters. The second kappa shape index (κ2) is 8.61. The third-order valence-electron chi connectivity index (χ3n) is 4.69. The van der Waals surface area contributed by atoms with E-state index in [2.05, 4.69) is 5.32 Å². The molecule has 1 aromatic heterocycles. The molecule has 8 heteroatoms. The highest BCUT2D eigenvalue weighted by atomic mass is 32.2. The van der Waals surface area contributed by atoms with Crippen LogP contribution < -0.4 is 5.32 Å². The van der Waals surface area contributed by atoms with Crippen LogP contribution in [0.1, 0.15) is 11.3 Å². The number of hydrogen-bond acceptors (Lipinski definition) is 4. The number of benzene rings is 2. The van der Waals surface area contributed by atoms with Gasteiger partial charge in [-0.3, -0.25) is 19.3 Å². The molecule has 1 aliphatic rings. The zero-order valence-electron chi connectivity index (χ0n) is 16.5. The van der Waals surface area contributed by atoms with Gasteiger partial charge in [0, 0.05) is 17.6 Å². The number of nitrogens with one attached hydrogen (secondary N) is 1. The maximum atomic E-state index is 13.7. The molecule has 6 nitrogen and oxygen atoms in total. The topological polar surface area (TPSA) is 71.4 Å². The van der Waals surface area contributed by atoms with Gasteiger partial charge in [-0.25, -0.2) is 4.39 Å². The molecule has 3 amide bonds. The van der Waals surface area contributed by atoms with E-state index in [9.17, 15) is 18.8 Å². The molecule has 0 aliphatic carbocycles. The van der Waals surface area contributed by atoms with Crippen molar-refractivity contribution < 1.29 is 18.8 Å². The Labute approximate surface area is 182 Å². The first-order valence-corrected chi connectivity index (χ1v) is 10.3. The summed E-state index contributed by atoms with van der Waals surface area (Å²) in [5, 5.41) is 1.84. The van der Waals surface area contributed by atoms with Crippen molar-refractivity contribution in [3.05, 3.63) is 88.8 Å². The lowest BCUT2D eigenvalue weighted by atomic mass is 10.2. The Bertz CT molecular complexity index is 1200. The molecule has 1 saturated heterocycles. The number of nitrogens with zero attached hydrogens (tertiary/aromatic N) is 2. The minimum atomic E-state index is -0.653. The van der Waals surface area contributed by atoms with Gasteiger partial charge >= 0.3 is 0 Å². The van der Waals surface area contributed by atoms with Crippen molar-refractivity contribution in [2.45, 2.75) is 6.92 Å². The van der Waals surface area contributed by atoms with Crippen molar-refractivity contribution in [2.24, 2.45) is 0 Å². The van der Waals surface area contributed by atoms with Crippen LogP contribution in [-0.2, 0) is 9.59 Å². The fraction of sp³-hybridized carbons (Fsp3) is 0.0870. The first-order valence-electron chi connectivity index (χ1n) is 9.46. The summed E-state index contributed by atoms with van der Waals surface area (Å²) in [4.78, 5) is 38.3. The standard InChI is InChI=1S/C23H18FN3O3S/c1-15-11-16(13-26(15)17-7-3-2-4-8-17)12-20-22(29)27(23(30)31-20)14-21(28)25-19-10-6-5-9-18(19)24/h2-13H,14H2,1H3,(H,25,28)/b20-12+. The van der Waals surface area contributed by atoms with Crippen LogP contribution in [0.25, 0.3) is 11.8 Å². The summed E-state index contributed by atoms with van der Waals surface area (Å²) < 4.78 is 15.7. The molecule has 0 bridgehead atoms. The van der Waals surface area contributed by atoms with Crippen LogP contribution in [0, 0.1) is 12.7 Å². The fourth-order valence-corrected chi connectivity index (χ4v) is 4.07. The number of anilines is 1. The van der Waals surface area contributed by atoms with Crippen molar-refractivity contribution >= 4 is 40.6 Å². The van der Waals surface area contributed by atoms with Crippen LogP contribution in [0.4, 0.5) is 14.9 Å². The van der Waals surface area contributed by atoms with Gasteiger partial charge in [-0.15, -0.1) is 0 Å². The van der Waals surface area contributed by atoms with Crippen LogP contribution in [0.2, 0.25) is 0 Å². The quantitative estimate of drug-likeness (QED) is 0.595. The molecule has 31 heavy (non-hydrogen) atoms. The molecule has 2 aromatic carbocycles. The largest absolute Gasteiger partial charge is 0.322 e. The Morgan fingerprint density at radius 3 is 2.55 bits per heavy atom. The van der Waals surface area contributed by atoms with Crippen molar-refractivity contribution in [2.75, 3.05) is 11.9 Å². The average molecular weight is 435 g/mol. The molecule has 1 fully saturated rings. The molecule has 0 unspecified atom stereocenters. The zero-order valence-corrected chi connectivity index (χ0v) is 17.4. The van der Waals surface area contributed by atoms with Crippen molar-refractivity contribution in [3.63, 3.8) is 0 Å². The summed E-state index contributed by atoms with van der Waals surface area (Å²) in [5.41, 5.74) is 2.72. The monoisotopic (exact) mass is 435 g/mol. The SMILES string of the molecule is Cc1cc(/C=C2/SC(=O)N(CC(=O)Nc3ccccc3F)C2=O)cn1-c1ccccc1. The first-order chi connectivity index (χ1) is 14.9. The molecule has 4 rings (SSSR count). The predicted molar refractivity (Wildman–Crippen MR) is 118 cm³/mol. The fourth-order valence-electron chi connectivity index (χ4n) is 3.23. The summed E-state index contributed by atoms with van der Waals surface area (Å²) in [5.74, 6) is -1.80. The lowest BCUT2D eigenvalue weighted by Gasteiger charge is -2.12. The number of imide groups is 1.